The smallest absolute Gasteiger partial charge is 0.241 e. The van der Waals surface area contributed by atoms with Crippen molar-refractivity contribution in [2.45, 2.75) is 0 Å². The quantitative estimate of drug-likeness (QED) is 0.229. The molecule has 0 spiro atoms. The summed E-state index contributed by atoms with van der Waals surface area (Å²) in [7, 11) is 0. The molecule has 2 aliphatic rings. The molecular weight excluding hydrogens is 616 g/mol. The SMILES string of the molecule is c1c2cc3cc1Oc1cncc(n1)Oc1cc(cc(c1)Oc1cncc(n1)O3)OCCOCCOCCOCCOCCOCCO2. The number of rotatable bonds is 0. The van der Waals surface area contributed by atoms with Crippen molar-refractivity contribution in [3.05, 3.63) is 61.2 Å². The molecule has 0 aliphatic carbocycles. The molecule has 10 bridgehead atoms. The first-order valence-electron chi connectivity index (χ1n) is 15.1. The summed E-state index contributed by atoms with van der Waals surface area (Å²) in [5.41, 5.74) is 0. The monoisotopic (exact) mass is 650 g/mol. The van der Waals surface area contributed by atoms with Crippen LogP contribution in [-0.4, -0.2) is 99.2 Å². The molecule has 0 atom stereocenters. The zero-order chi connectivity index (χ0) is 31.9. The van der Waals surface area contributed by atoms with Crippen molar-refractivity contribution in [2.75, 3.05) is 79.3 Å². The first kappa shape index (κ1) is 32.2. The van der Waals surface area contributed by atoms with Crippen LogP contribution in [0.3, 0.4) is 0 Å². The highest BCUT2D eigenvalue weighted by molar-refractivity contribution is 5.46. The lowest BCUT2D eigenvalue weighted by molar-refractivity contribution is -0.0141. The van der Waals surface area contributed by atoms with E-state index in [9.17, 15) is 0 Å². The van der Waals surface area contributed by atoms with E-state index < -0.39 is 0 Å². The molecular formula is C32H34N4O11. The predicted molar refractivity (Wildman–Crippen MR) is 162 cm³/mol. The summed E-state index contributed by atoms with van der Waals surface area (Å²) < 4.78 is 63.9. The Morgan fingerprint density at radius 2 is 0.574 bits per heavy atom. The summed E-state index contributed by atoms with van der Waals surface area (Å²) in [5, 5.41) is 0. The standard InChI is InChI=1S/C32H34N4O11/c1-3-38-5-7-40-9-11-42-23-13-25-17-26(14-23)45-30-20-34-22-32(36-30)47-28-16-24(43-12-10-41-8-6-39-4-2-37-1)15-27(18-28)46-31-21-33-19-29(35-31)44-25/h13-22H,1-12H2. The van der Waals surface area contributed by atoms with Gasteiger partial charge >= 0.3 is 0 Å². The van der Waals surface area contributed by atoms with Gasteiger partial charge in [-0.15, -0.1) is 0 Å². The van der Waals surface area contributed by atoms with Crippen molar-refractivity contribution >= 4 is 0 Å². The van der Waals surface area contributed by atoms with Gasteiger partial charge in [0.25, 0.3) is 0 Å². The summed E-state index contributed by atoms with van der Waals surface area (Å²) in [6.07, 6.45) is 5.84. The van der Waals surface area contributed by atoms with Crippen LogP contribution in [0.2, 0.25) is 0 Å². The zero-order valence-electron chi connectivity index (χ0n) is 25.5. The maximum absolute atomic E-state index is 6.04. The van der Waals surface area contributed by atoms with Crippen LogP contribution in [0.5, 0.6) is 58.0 Å². The maximum Gasteiger partial charge on any atom is 0.241 e. The van der Waals surface area contributed by atoms with Crippen molar-refractivity contribution in [2.24, 2.45) is 0 Å². The van der Waals surface area contributed by atoms with Crippen molar-refractivity contribution in [1.82, 2.24) is 19.9 Å². The first-order chi connectivity index (χ1) is 23.2. The fourth-order valence-corrected chi connectivity index (χ4v) is 4.25. The lowest BCUT2D eigenvalue weighted by atomic mass is 10.3. The molecule has 47 heavy (non-hydrogen) atoms. The van der Waals surface area contributed by atoms with Crippen molar-refractivity contribution in [3.63, 3.8) is 0 Å². The molecule has 4 heterocycles. The van der Waals surface area contributed by atoms with Gasteiger partial charge in [-0.25, -0.2) is 0 Å². The Morgan fingerprint density at radius 1 is 0.319 bits per heavy atom. The van der Waals surface area contributed by atoms with Crippen LogP contribution in [0, 0.1) is 0 Å². The Labute approximate surface area is 270 Å². The second kappa shape index (κ2) is 17.2. The summed E-state index contributed by atoms with van der Waals surface area (Å²) in [5.74, 6) is 3.14. The van der Waals surface area contributed by atoms with Crippen LogP contribution < -0.4 is 28.4 Å². The predicted octanol–water partition coefficient (Wildman–Crippen LogP) is 4.60. The highest BCUT2D eigenvalue weighted by Crippen LogP contribution is 2.36. The molecule has 0 radical (unpaired) electrons. The molecule has 0 saturated carbocycles. The van der Waals surface area contributed by atoms with Gasteiger partial charge in [-0.05, 0) is 0 Å². The van der Waals surface area contributed by atoms with Crippen LogP contribution >= 0.6 is 0 Å². The average Bonchev–Trinajstić information content (AvgIpc) is 3.05. The van der Waals surface area contributed by atoms with Crippen LogP contribution in [0.4, 0.5) is 0 Å². The van der Waals surface area contributed by atoms with Crippen molar-refractivity contribution in [1.29, 1.82) is 0 Å². The number of hydrogen-bond acceptors (Lipinski definition) is 15. The Morgan fingerprint density at radius 3 is 0.872 bits per heavy atom. The van der Waals surface area contributed by atoms with Gasteiger partial charge in [-0.2, -0.15) is 9.97 Å². The summed E-state index contributed by atoms with van der Waals surface area (Å²) in [4.78, 5) is 17.4. The average molecular weight is 651 g/mol. The molecule has 0 amide bonds. The number of fused-ring (bicyclic) bond motifs is 6. The lowest BCUT2D eigenvalue weighted by Gasteiger charge is -2.15. The first-order valence-corrected chi connectivity index (χ1v) is 15.1. The topological polar surface area (TPSA) is 153 Å². The van der Waals surface area contributed by atoms with E-state index in [2.05, 4.69) is 19.9 Å². The van der Waals surface area contributed by atoms with Crippen LogP contribution in [-0.2, 0) is 23.7 Å². The number of nitrogens with zero attached hydrogens (tertiary/aromatic N) is 4. The normalized spacial score (nSPS) is 16.9. The summed E-state index contributed by atoms with van der Waals surface area (Å²) in [6, 6.07) is 10.1. The molecule has 0 saturated heterocycles. The number of aromatic nitrogens is 4. The molecule has 4 aromatic rings. The van der Waals surface area contributed by atoms with Gasteiger partial charge in [0.1, 0.15) is 47.7 Å². The van der Waals surface area contributed by atoms with Gasteiger partial charge in [-0.3, -0.25) is 9.97 Å². The Bertz CT molecular complexity index is 1380. The van der Waals surface area contributed by atoms with Crippen molar-refractivity contribution in [3.8, 4) is 58.0 Å². The minimum Gasteiger partial charge on any atom is -0.491 e. The molecule has 0 N–H and O–H groups in total. The summed E-state index contributed by atoms with van der Waals surface area (Å²) in [6.45, 7) is 4.76. The molecule has 0 fully saturated rings. The summed E-state index contributed by atoms with van der Waals surface area (Å²) >= 11 is 0. The second-order valence-corrected chi connectivity index (χ2v) is 9.84. The number of ether oxygens (including phenoxy) is 11. The molecule has 0 unspecified atom stereocenters. The van der Waals surface area contributed by atoms with E-state index in [1.54, 1.807) is 36.4 Å². The fourth-order valence-electron chi connectivity index (χ4n) is 4.25. The zero-order valence-corrected chi connectivity index (χ0v) is 25.5. The van der Waals surface area contributed by atoms with Crippen LogP contribution in [0.15, 0.2) is 61.2 Å². The molecule has 2 aliphatic heterocycles. The highest BCUT2D eigenvalue weighted by atomic mass is 16.6. The second-order valence-electron chi connectivity index (χ2n) is 9.84. The molecule has 15 nitrogen and oxygen atoms in total. The minimum absolute atomic E-state index is 0.179. The van der Waals surface area contributed by atoms with E-state index in [-0.39, 0.29) is 36.7 Å². The third kappa shape index (κ3) is 10.6. The minimum atomic E-state index is 0.179. The van der Waals surface area contributed by atoms with Gasteiger partial charge < -0.3 is 52.1 Å². The molecule has 6 rings (SSSR count). The fraction of sp³-hybridized carbons (Fsp3) is 0.375. The molecule has 2 aromatic heterocycles. The van der Waals surface area contributed by atoms with Crippen LogP contribution in [0.25, 0.3) is 0 Å². The Balaban J connectivity index is 1.26. The highest BCUT2D eigenvalue weighted by Gasteiger charge is 2.14. The van der Waals surface area contributed by atoms with Gasteiger partial charge in [0.05, 0.1) is 90.9 Å². The third-order valence-corrected chi connectivity index (χ3v) is 6.26. The van der Waals surface area contributed by atoms with Gasteiger partial charge in [0.15, 0.2) is 0 Å². The van der Waals surface area contributed by atoms with E-state index in [1.807, 2.05) is 0 Å². The van der Waals surface area contributed by atoms with Gasteiger partial charge in [0.2, 0.25) is 23.5 Å². The Hall–Kier alpha value is -4.80. The third-order valence-electron chi connectivity index (χ3n) is 6.26. The van der Waals surface area contributed by atoms with Crippen molar-refractivity contribution < 1.29 is 52.1 Å². The van der Waals surface area contributed by atoms with E-state index >= 15 is 0 Å². The molecule has 248 valence electrons. The largest absolute Gasteiger partial charge is 0.491 e. The van der Waals surface area contributed by atoms with E-state index in [4.69, 9.17) is 52.1 Å². The van der Waals surface area contributed by atoms with Crippen LogP contribution in [0.1, 0.15) is 0 Å². The number of hydrogen-bond donors (Lipinski definition) is 0. The van der Waals surface area contributed by atoms with E-state index in [0.717, 1.165) is 0 Å². The van der Waals surface area contributed by atoms with E-state index in [1.165, 1.54) is 24.8 Å². The van der Waals surface area contributed by atoms with Gasteiger partial charge in [0, 0.05) is 36.4 Å². The lowest BCUT2D eigenvalue weighted by Crippen LogP contribution is -2.15. The molecule has 15 heteroatoms. The van der Waals surface area contributed by atoms with Gasteiger partial charge in [-0.1, -0.05) is 0 Å². The maximum atomic E-state index is 6.04. The number of benzene rings is 2. The Kier molecular flexibility index (Phi) is 11.8. The van der Waals surface area contributed by atoms with E-state index in [0.29, 0.717) is 101 Å². The molecule has 2 aromatic carbocycles.